The van der Waals surface area contributed by atoms with Crippen molar-refractivity contribution in [2.75, 3.05) is 6.61 Å². The number of carboxylic acid groups (broad SMARTS) is 1. The van der Waals surface area contributed by atoms with Gasteiger partial charge in [0, 0.05) is 48.9 Å². The predicted octanol–water partition coefficient (Wildman–Crippen LogP) is 5.27. The summed E-state index contributed by atoms with van der Waals surface area (Å²) in [5.74, 6) is -4.49. The molecule has 45 heavy (non-hydrogen) atoms. The van der Waals surface area contributed by atoms with E-state index < -0.39 is 63.7 Å². The molecule has 0 radical (unpaired) electrons. The summed E-state index contributed by atoms with van der Waals surface area (Å²) in [6.45, 7) is 10.2. The fraction of sp³-hybridized carbons (Fsp3) is 0.806. The first kappa shape index (κ1) is 37.4. The van der Waals surface area contributed by atoms with Gasteiger partial charge in [-0.3, -0.25) is 14.4 Å². The van der Waals surface area contributed by atoms with Crippen molar-refractivity contribution in [1.82, 2.24) is 0 Å². The molecule has 0 spiro atoms. The summed E-state index contributed by atoms with van der Waals surface area (Å²) in [4.78, 5) is 35.2. The summed E-state index contributed by atoms with van der Waals surface area (Å²) in [6, 6.07) is 0. The van der Waals surface area contributed by atoms with Crippen molar-refractivity contribution in [2.24, 2.45) is 29.1 Å². The van der Waals surface area contributed by atoms with Crippen molar-refractivity contribution in [3.63, 3.8) is 0 Å². The fourth-order valence-corrected chi connectivity index (χ4v) is 8.74. The smallest absolute Gasteiger partial charge is 0.306 e. The van der Waals surface area contributed by atoms with E-state index in [1.165, 1.54) is 51.4 Å². The van der Waals surface area contributed by atoms with Crippen LogP contribution in [0.25, 0.3) is 0 Å². The maximum absolute atomic E-state index is 13.2. The molecular weight excluding hydrogens is 576 g/mol. The lowest BCUT2D eigenvalue weighted by Crippen LogP contribution is -2.65. The molecule has 9 heteroatoms. The number of aliphatic hydroxyl groups is 4. The SMILES string of the molecule is CC(=O)O.CCCCCCCCCCCCCC(=O)O[C@@H]1[C@@H](C)[C@@]2(O)[C@@H](C=C(CO)C[C@]3(O)C(=O)C(C)=C[C@@H]23)[C@H]2C(C)(C)[C@]12O. The Morgan fingerprint density at radius 3 is 1.96 bits per heavy atom. The molecule has 2 fully saturated rings. The Kier molecular flexibility index (Phi) is 12.3. The van der Waals surface area contributed by atoms with Gasteiger partial charge in [0.2, 0.25) is 0 Å². The highest BCUT2D eigenvalue weighted by Gasteiger charge is 2.85. The van der Waals surface area contributed by atoms with E-state index in [1.807, 2.05) is 13.8 Å². The van der Waals surface area contributed by atoms with E-state index in [-0.39, 0.29) is 25.4 Å². The molecule has 4 aliphatic rings. The van der Waals surface area contributed by atoms with Gasteiger partial charge in [0.1, 0.15) is 17.3 Å². The summed E-state index contributed by atoms with van der Waals surface area (Å²) in [5.41, 5.74) is -4.76. The van der Waals surface area contributed by atoms with Crippen molar-refractivity contribution in [3.05, 3.63) is 23.3 Å². The van der Waals surface area contributed by atoms with Crippen LogP contribution in [0.3, 0.4) is 0 Å². The number of ether oxygens (including phenoxy) is 1. The van der Waals surface area contributed by atoms with E-state index in [9.17, 15) is 30.0 Å². The Labute approximate surface area is 269 Å². The van der Waals surface area contributed by atoms with E-state index in [0.29, 0.717) is 11.1 Å². The minimum absolute atomic E-state index is 0.0821. The normalized spacial score (nSPS) is 35.9. The highest BCUT2D eigenvalue weighted by atomic mass is 16.6. The molecule has 256 valence electrons. The van der Waals surface area contributed by atoms with Gasteiger partial charge in [-0.1, -0.05) is 104 Å². The first-order chi connectivity index (χ1) is 21.0. The number of hydrogen-bond acceptors (Lipinski definition) is 8. The number of rotatable bonds is 14. The second-order valence-corrected chi connectivity index (χ2v) is 14.7. The molecule has 0 aliphatic heterocycles. The molecule has 8 atom stereocenters. The lowest BCUT2D eigenvalue weighted by molar-refractivity contribution is -0.221. The third kappa shape index (κ3) is 7.12. The molecule has 9 nitrogen and oxygen atoms in total. The van der Waals surface area contributed by atoms with Gasteiger partial charge in [-0.05, 0) is 24.5 Å². The van der Waals surface area contributed by atoms with Crippen LogP contribution in [0, 0.1) is 29.1 Å². The third-order valence-corrected chi connectivity index (χ3v) is 11.2. The van der Waals surface area contributed by atoms with Crippen molar-refractivity contribution in [3.8, 4) is 0 Å². The number of carboxylic acids is 1. The number of Topliss-reactive ketones (excluding diaryl/α,β-unsaturated/α-hetero) is 1. The molecule has 0 unspecified atom stereocenters. The van der Waals surface area contributed by atoms with Gasteiger partial charge in [-0.15, -0.1) is 0 Å². The second-order valence-electron chi connectivity index (χ2n) is 14.7. The van der Waals surface area contributed by atoms with Gasteiger partial charge in [-0.25, -0.2) is 0 Å². The number of unbranched alkanes of at least 4 members (excludes halogenated alkanes) is 10. The number of aliphatic carboxylic acids is 1. The molecular formula is C36H58O9. The Morgan fingerprint density at radius 2 is 1.44 bits per heavy atom. The number of esters is 1. The molecule has 0 aromatic heterocycles. The zero-order valence-electron chi connectivity index (χ0n) is 28.3. The average molecular weight is 635 g/mol. The fourth-order valence-electron chi connectivity index (χ4n) is 8.74. The van der Waals surface area contributed by atoms with Crippen LogP contribution in [0.4, 0.5) is 0 Å². The maximum atomic E-state index is 13.2. The predicted molar refractivity (Wildman–Crippen MR) is 171 cm³/mol. The molecule has 2 saturated carbocycles. The molecule has 0 amide bonds. The lowest BCUT2D eigenvalue weighted by Gasteiger charge is -2.52. The Morgan fingerprint density at radius 1 is 0.933 bits per heavy atom. The Bertz CT molecular complexity index is 1140. The first-order valence-electron chi connectivity index (χ1n) is 17.1. The highest BCUT2D eigenvalue weighted by Crippen LogP contribution is 2.75. The van der Waals surface area contributed by atoms with Crippen molar-refractivity contribution < 1.29 is 44.7 Å². The summed E-state index contributed by atoms with van der Waals surface area (Å²) >= 11 is 0. The zero-order valence-corrected chi connectivity index (χ0v) is 28.3. The zero-order chi connectivity index (χ0) is 33.8. The van der Waals surface area contributed by atoms with Crippen LogP contribution in [0.1, 0.15) is 125 Å². The van der Waals surface area contributed by atoms with E-state index in [0.717, 1.165) is 26.2 Å². The monoisotopic (exact) mass is 634 g/mol. The topological polar surface area (TPSA) is 162 Å². The minimum Gasteiger partial charge on any atom is -0.481 e. The van der Waals surface area contributed by atoms with Crippen LogP contribution in [-0.2, 0) is 19.1 Å². The molecule has 0 bridgehead atoms. The molecule has 0 aromatic rings. The number of carbonyl (C=O) groups excluding carboxylic acids is 2. The number of hydrogen-bond donors (Lipinski definition) is 5. The highest BCUT2D eigenvalue weighted by molar-refractivity contribution is 6.04. The maximum Gasteiger partial charge on any atom is 0.306 e. The molecule has 4 rings (SSSR count). The van der Waals surface area contributed by atoms with Gasteiger partial charge in [0.15, 0.2) is 5.78 Å². The van der Waals surface area contributed by atoms with Crippen LogP contribution < -0.4 is 0 Å². The molecule has 0 saturated heterocycles. The average Bonchev–Trinajstić information content (AvgIpc) is 3.36. The summed E-state index contributed by atoms with van der Waals surface area (Å²) in [5, 5.41) is 53.8. The molecule has 5 N–H and O–H groups in total. The van der Waals surface area contributed by atoms with Crippen LogP contribution in [0.2, 0.25) is 0 Å². The molecule has 0 aromatic carbocycles. The summed E-state index contributed by atoms with van der Waals surface area (Å²) in [6.07, 6.45) is 15.6. The third-order valence-electron chi connectivity index (χ3n) is 11.2. The van der Waals surface area contributed by atoms with Gasteiger partial charge in [0.25, 0.3) is 5.97 Å². The van der Waals surface area contributed by atoms with Gasteiger partial charge in [0.05, 0.1) is 12.2 Å². The summed E-state index contributed by atoms with van der Waals surface area (Å²) in [7, 11) is 0. The van der Waals surface area contributed by atoms with Crippen LogP contribution in [0.15, 0.2) is 23.3 Å². The van der Waals surface area contributed by atoms with Crippen LogP contribution >= 0.6 is 0 Å². The second kappa shape index (κ2) is 14.8. The molecule has 0 heterocycles. The quantitative estimate of drug-likeness (QED) is 0.0973. The van der Waals surface area contributed by atoms with Crippen LogP contribution in [-0.4, -0.2) is 72.8 Å². The van der Waals surface area contributed by atoms with Gasteiger partial charge in [-0.2, -0.15) is 0 Å². The minimum atomic E-state index is -1.89. The number of fused-ring (bicyclic) bond motifs is 5. The number of carbonyl (C=O) groups is 3. The van der Waals surface area contributed by atoms with E-state index >= 15 is 0 Å². The van der Waals surface area contributed by atoms with Crippen molar-refractivity contribution >= 4 is 17.7 Å². The van der Waals surface area contributed by atoms with E-state index in [2.05, 4.69) is 6.92 Å². The van der Waals surface area contributed by atoms with Gasteiger partial charge < -0.3 is 30.3 Å². The first-order valence-corrected chi connectivity index (χ1v) is 17.1. The molecule has 4 aliphatic carbocycles. The van der Waals surface area contributed by atoms with Crippen LogP contribution in [0.5, 0.6) is 0 Å². The van der Waals surface area contributed by atoms with Crippen molar-refractivity contribution in [2.45, 2.75) is 148 Å². The number of ketones is 1. The lowest BCUT2D eigenvalue weighted by atomic mass is 9.59. The van der Waals surface area contributed by atoms with E-state index in [4.69, 9.17) is 14.6 Å². The van der Waals surface area contributed by atoms with Crippen molar-refractivity contribution in [1.29, 1.82) is 0 Å². The summed E-state index contributed by atoms with van der Waals surface area (Å²) < 4.78 is 6.03. The van der Waals surface area contributed by atoms with E-state index in [1.54, 1.807) is 26.0 Å². The standard InChI is InChI=1S/C34H54O7.C2H4O2/c1-6-7-8-9-10-11-12-13-14-15-16-17-27(36)41-30-23(3)33(39)25(28-31(4,5)34(28,30)40)19-24(21-35)20-32(38)26(33)18-22(2)29(32)37;1-2(3)4/h18-19,23,25-26,28,30,35,38-40H,6-17,20-21H2,1-5H3;1H3,(H,3,4)/t23-,25+,26-,28+,30-,32-,33-,34-;/m1./s1. The number of aliphatic hydroxyl groups excluding tert-OH is 1. The van der Waals surface area contributed by atoms with Gasteiger partial charge >= 0.3 is 5.97 Å². The Hall–Kier alpha value is -2.07. The Balaban J connectivity index is 0.00000130. The largest absolute Gasteiger partial charge is 0.481 e.